The van der Waals surface area contributed by atoms with Crippen LogP contribution in [-0.2, 0) is 0 Å². The predicted octanol–water partition coefficient (Wildman–Crippen LogP) is 4.49. The molecule has 4 nitrogen and oxygen atoms in total. The van der Waals surface area contributed by atoms with E-state index < -0.39 is 12.4 Å². The molecule has 0 aliphatic heterocycles. The van der Waals surface area contributed by atoms with Crippen LogP contribution in [-0.4, -0.2) is 19.5 Å². The van der Waals surface area contributed by atoms with Gasteiger partial charge in [0.15, 0.2) is 0 Å². The topological polar surface area (TPSA) is 43.6 Å². The van der Waals surface area contributed by atoms with Gasteiger partial charge in [-0.1, -0.05) is 0 Å². The van der Waals surface area contributed by atoms with Gasteiger partial charge in [-0.05, 0) is 31.2 Å². The summed E-state index contributed by atoms with van der Waals surface area (Å²) in [7, 11) is 0. The normalized spacial score (nSPS) is 11.7. The summed E-state index contributed by atoms with van der Waals surface area (Å²) in [5.74, 6) is -0.465. The Hall–Kier alpha value is -2.96. The first kappa shape index (κ1) is 14.6. The third-order valence-electron chi connectivity index (χ3n) is 3.97. The summed E-state index contributed by atoms with van der Waals surface area (Å²) < 4.78 is 41.7. The van der Waals surface area contributed by atoms with E-state index in [-0.39, 0.29) is 11.3 Å². The summed E-state index contributed by atoms with van der Waals surface area (Å²) in [5.41, 5.74) is 1.57. The number of alkyl halides is 2. The Kier molecular flexibility index (Phi) is 3.23. The molecule has 0 aliphatic rings. The molecule has 0 aliphatic carbocycles. The second-order valence-electron chi connectivity index (χ2n) is 5.40. The average molecular weight is 328 g/mol. The van der Waals surface area contributed by atoms with Gasteiger partial charge in [-0.3, -0.25) is 14.5 Å². The molecule has 0 N–H and O–H groups in total. The first-order valence-electron chi connectivity index (χ1n) is 7.21. The molecule has 7 heteroatoms. The zero-order chi connectivity index (χ0) is 16.8. The van der Waals surface area contributed by atoms with E-state index in [2.05, 4.69) is 15.0 Å². The van der Waals surface area contributed by atoms with Crippen LogP contribution < -0.4 is 0 Å². The summed E-state index contributed by atoms with van der Waals surface area (Å²) in [5, 5.41) is 1.17. The molecule has 0 bridgehead atoms. The van der Waals surface area contributed by atoms with Gasteiger partial charge in [0.2, 0.25) is 0 Å². The van der Waals surface area contributed by atoms with Gasteiger partial charge in [0.25, 0.3) is 0 Å². The van der Waals surface area contributed by atoms with E-state index in [4.69, 9.17) is 0 Å². The number of aryl methyl sites for hydroxylation is 1. The Labute approximate surface area is 134 Å². The lowest BCUT2D eigenvalue weighted by atomic mass is 10.1. The maximum Gasteiger partial charge on any atom is 0.320 e. The lowest BCUT2D eigenvalue weighted by Gasteiger charge is -2.06. The highest BCUT2D eigenvalue weighted by atomic mass is 19.3. The van der Waals surface area contributed by atoms with Crippen molar-refractivity contribution in [3.05, 3.63) is 54.4 Å². The van der Waals surface area contributed by atoms with Crippen LogP contribution in [0, 0.1) is 12.7 Å². The first-order valence-corrected chi connectivity index (χ1v) is 7.21. The molecule has 120 valence electrons. The minimum absolute atomic E-state index is 0.131. The zero-order valence-electron chi connectivity index (χ0n) is 12.5. The van der Waals surface area contributed by atoms with E-state index in [0.29, 0.717) is 27.5 Å². The molecule has 0 amide bonds. The summed E-state index contributed by atoms with van der Waals surface area (Å²) in [6.45, 7) is -1.19. The van der Waals surface area contributed by atoms with Crippen molar-refractivity contribution >= 4 is 21.9 Å². The molecule has 4 heterocycles. The van der Waals surface area contributed by atoms with Crippen molar-refractivity contribution in [2.24, 2.45) is 0 Å². The molecule has 0 aromatic carbocycles. The van der Waals surface area contributed by atoms with Gasteiger partial charge in [0.05, 0.1) is 16.9 Å². The number of fused-ring (bicyclic) bond motifs is 3. The first-order chi connectivity index (χ1) is 11.6. The number of aromatic nitrogens is 4. The second-order valence-corrected chi connectivity index (χ2v) is 5.40. The van der Waals surface area contributed by atoms with Crippen molar-refractivity contribution in [3.8, 4) is 11.3 Å². The molecule has 4 rings (SSSR count). The Morgan fingerprint density at radius 1 is 1.08 bits per heavy atom. The molecule has 0 fully saturated rings. The maximum absolute atomic E-state index is 13.7. The van der Waals surface area contributed by atoms with Crippen LogP contribution in [0.5, 0.6) is 0 Å². The standard InChI is InChI=1S/C17H11F3N4/c1-9-13(18)6-10(7-22-9)14-3-2-11-12-8-21-5-4-15(12)24(17(19)20)16(11)23-14/h2-8,17H,1H3. The molecule has 0 atom stereocenters. The van der Waals surface area contributed by atoms with E-state index in [9.17, 15) is 13.2 Å². The third-order valence-corrected chi connectivity index (χ3v) is 3.97. The van der Waals surface area contributed by atoms with E-state index in [1.807, 2.05) is 0 Å². The average Bonchev–Trinajstić information content (AvgIpc) is 2.91. The van der Waals surface area contributed by atoms with Crippen molar-refractivity contribution in [2.75, 3.05) is 0 Å². The highest BCUT2D eigenvalue weighted by Gasteiger charge is 2.18. The molecule has 24 heavy (non-hydrogen) atoms. The minimum atomic E-state index is -2.75. The fourth-order valence-corrected chi connectivity index (χ4v) is 2.77. The van der Waals surface area contributed by atoms with Crippen molar-refractivity contribution in [1.82, 2.24) is 19.5 Å². The zero-order valence-corrected chi connectivity index (χ0v) is 12.5. The lowest BCUT2D eigenvalue weighted by molar-refractivity contribution is 0.0791. The van der Waals surface area contributed by atoms with Crippen LogP contribution in [0.15, 0.2) is 42.9 Å². The third kappa shape index (κ3) is 2.12. The second kappa shape index (κ2) is 5.30. The smallest absolute Gasteiger partial charge is 0.268 e. The maximum atomic E-state index is 13.7. The van der Waals surface area contributed by atoms with Crippen LogP contribution in [0.1, 0.15) is 12.2 Å². The van der Waals surface area contributed by atoms with Crippen molar-refractivity contribution < 1.29 is 13.2 Å². The van der Waals surface area contributed by atoms with E-state index in [1.54, 1.807) is 19.1 Å². The van der Waals surface area contributed by atoms with Crippen molar-refractivity contribution in [1.29, 1.82) is 0 Å². The Morgan fingerprint density at radius 3 is 2.67 bits per heavy atom. The molecular weight excluding hydrogens is 317 g/mol. The van der Waals surface area contributed by atoms with Crippen molar-refractivity contribution in [3.63, 3.8) is 0 Å². The fraction of sp³-hybridized carbons (Fsp3) is 0.118. The monoisotopic (exact) mass is 328 g/mol. The number of hydrogen-bond acceptors (Lipinski definition) is 3. The molecule has 4 aromatic rings. The van der Waals surface area contributed by atoms with Gasteiger partial charge in [-0.25, -0.2) is 9.37 Å². The highest BCUT2D eigenvalue weighted by Crippen LogP contribution is 2.32. The van der Waals surface area contributed by atoms with Gasteiger partial charge in [0, 0.05) is 34.9 Å². The summed E-state index contributed by atoms with van der Waals surface area (Å²) in [6.07, 6.45) is 4.47. The Bertz CT molecular complexity index is 1070. The van der Waals surface area contributed by atoms with E-state index in [0.717, 1.165) is 4.57 Å². The highest BCUT2D eigenvalue weighted by molar-refractivity contribution is 6.06. The number of pyridine rings is 3. The molecule has 0 radical (unpaired) electrons. The predicted molar refractivity (Wildman–Crippen MR) is 84.2 cm³/mol. The Balaban J connectivity index is 2.02. The molecule has 4 aromatic heterocycles. The van der Waals surface area contributed by atoms with E-state index in [1.165, 1.54) is 30.7 Å². The summed E-state index contributed by atoms with van der Waals surface area (Å²) in [4.78, 5) is 12.3. The summed E-state index contributed by atoms with van der Waals surface area (Å²) in [6, 6.07) is 6.18. The lowest BCUT2D eigenvalue weighted by Crippen LogP contribution is -1.99. The molecular formula is C17H11F3N4. The summed E-state index contributed by atoms with van der Waals surface area (Å²) >= 11 is 0. The van der Waals surface area contributed by atoms with Gasteiger partial charge in [-0.2, -0.15) is 8.78 Å². The van der Waals surface area contributed by atoms with Gasteiger partial charge in [-0.15, -0.1) is 0 Å². The van der Waals surface area contributed by atoms with Crippen molar-refractivity contribution in [2.45, 2.75) is 13.5 Å². The van der Waals surface area contributed by atoms with Crippen LogP contribution in [0.4, 0.5) is 13.2 Å². The SMILES string of the molecule is Cc1ncc(-c2ccc3c4cnccc4n(C(F)F)c3n2)cc1F. The number of rotatable bonds is 2. The number of halogens is 3. The van der Waals surface area contributed by atoms with Gasteiger partial charge >= 0.3 is 6.55 Å². The Morgan fingerprint density at radius 2 is 1.92 bits per heavy atom. The largest absolute Gasteiger partial charge is 0.320 e. The van der Waals surface area contributed by atoms with E-state index >= 15 is 0 Å². The van der Waals surface area contributed by atoms with Gasteiger partial charge in [0.1, 0.15) is 11.5 Å². The van der Waals surface area contributed by atoms with Crippen LogP contribution in [0.25, 0.3) is 33.2 Å². The molecule has 0 spiro atoms. The van der Waals surface area contributed by atoms with Gasteiger partial charge < -0.3 is 0 Å². The fourth-order valence-electron chi connectivity index (χ4n) is 2.77. The minimum Gasteiger partial charge on any atom is -0.268 e. The number of hydrogen-bond donors (Lipinski definition) is 0. The van der Waals surface area contributed by atoms with Crippen LogP contribution in [0.2, 0.25) is 0 Å². The number of nitrogens with zero attached hydrogens (tertiary/aromatic N) is 4. The van der Waals surface area contributed by atoms with Crippen LogP contribution in [0.3, 0.4) is 0 Å². The molecule has 0 unspecified atom stereocenters. The molecule has 0 saturated carbocycles. The quantitative estimate of drug-likeness (QED) is 0.544. The van der Waals surface area contributed by atoms with Crippen LogP contribution >= 0.6 is 0 Å². The molecule has 0 saturated heterocycles.